The van der Waals surface area contributed by atoms with Crippen LogP contribution in [-0.4, -0.2) is 102 Å². The molecule has 0 heterocycles. The van der Waals surface area contributed by atoms with Crippen LogP contribution in [0.4, 0.5) is 0 Å². The van der Waals surface area contributed by atoms with E-state index in [0.717, 1.165) is 0 Å². The monoisotopic (exact) mass is 409 g/mol. The Balaban J connectivity index is 4.66. The first-order valence-corrected chi connectivity index (χ1v) is 8.01. The van der Waals surface area contributed by atoms with Crippen LogP contribution in [0.15, 0.2) is 0 Å². The van der Waals surface area contributed by atoms with Crippen molar-refractivity contribution in [3.63, 3.8) is 0 Å². The molecule has 0 aliphatic heterocycles. The fraction of sp³-hybridized carbons (Fsp3) is 0.667. The van der Waals surface area contributed by atoms with Gasteiger partial charge in [-0.2, -0.15) is 0 Å². The third-order valence-corrected chi connectivity index (χ3v) is 3.43. The van der Waals surface area contributed by atoms with Gasteiger partial charge < -0.3 is 34.3 Å². The summed E-state index contributed by atoms with van der Waals surface area (Å²) in [5, 5.41) is 26.7. The Morgan fingerprint density at radius 3 is 2.04 bits per heavy atom. The third kappa shape index (κ3) is 11.1. The standard InChI is InChI=1S/C15H23NO12/c1-10(14(21)22)16(2-4-26-11(15(23)24)6-12(19)20)3-5-27-13(28-9-18)7-25-8-17/h8-11,13H,2-7H2,1H3,(H,19,20)(H,21,22)(H,23,24). The van der Waals surface area contributed by atoms with Crippen molar-refractivity contribution < 1.29 is 58.2 Å². The smallest absolute Gasteiger partial charge is 0.333 e. The molecule has 0 rings (SSSR count). The number of rotatable bonds is 18. The van der Waals surface area contributed by atoms with Crippen molar-refractivity contribution in [3.8, 4) is 0 Å². The fourth-order valence-electron chi connectivity index (χ4n) is 1.95. The highest BCUT2D eigenvalue weighted by molar-refractivity contribution is 5.79. The highest BCUT2D eigenvalue weighted by Crippen LogP contribution is 2.04. The van der Waals surface area contributed by atoms with E-state index in [4.69, 9.17) is 24.8 Å². The predicted octanol–water partition coefficient (Wildman–Crippen LogP) is -1.61. The van der Waals surface area contributed by atoms with Gasteiger partial charge in [0.15, 0.2) is 12.7 Å². The molecule has 0 aliphatic carbocycles. The van der Waals surface area contributed by atoms with Gasteiger partial charge in [-0.05, 0) is 6.92 Å². The second kappa shape index (κ2) is 14.3. The van der Waals surface area contributed by atoms with Gasteiger partial charge in [0.05, 0.1) is 19.6 Å². The molecule has 0 aromatic carbocycles. The average Bonchev–Trinajstić information content (AvgIpc) is 2.62. The van der Waals surface area contributed by atoms with Crippen LogP contribution in [0.2, 0.25) is 0 Å². The van der Waals surface area contributed by atoms with E-state index < -0.39 is 42.8 Å². The number of carboxylic acids is 3. The quantitative estimate of drug-likeness (QED) is 0.174. The van der Waals surface area contributed by atoms with Gasteiger partial charge in [-0.25, -0.2) is 4.79 Å². The minimum Gasteiger partial charge on any atom is -0.481 e. The van der Waals surface area contributed by atoms with E-state index >= 15 is 0 Å². The Hall–Kier alpha value is -2.77. The van der Waals surface area contributed by atoms with Crippen LogP contribution in [-0.2, 0) is 42.9 Å². The van der Waals surface area contributed by atoms with Gasteiger partial charge in [-0.3, -0.25) is 24.1 Å². The molecule has 0 radical (unpaired) electrons. The van der Waals surface area contributed by atoms with Crippen LogP contribution in [0.3, 0.4) is 0 Å². The van der Waals surface area contributed by atoms with Crippen LogP contribution >= 0.6 is 0 Å². The summed E-state index contributed by atoms with van der Waals surface area (Å²) in [5.41, 5.74) is 0. The Kier molecular flexibility index (Phi) is 12.9. The van der Waals surface area contributed by atoms with Gasteiger partial charge in [0.2, 0.25) is 6.29 Å². The van der Waals surface area contributed by atoms with Crippen LogP contribution in [0.1, 0.15) is 13.3 Å². The normalized spacial score (nSPS) is 13.9. The van der Waals surface area contributed by atoms with Crippen molar-refractivity contribution in [2.75, 3.05) is 32.9 Å². The van der Waals surface area contributed by atoms with E-state index in [1.807, 2.05) is 0 Å². The van der Waals surface area contributed by atoms with E-state index in [2.05, 4.69) is 9.47 Å². The van der Waals surface area contributed by atoms with Gasteiger partial charge in [-0.1, -0.05) is 0 Å². The first-order chi connectivity index (χ1) is 13.2. The van der Waals surface area contributed by atoms with Crippen LogP contribution in [0.5, 0.6) is 0 Å². The summed E-state index contributed by atoms with van der Waals surface area (Å²) in [7, 11) is 0. The molecule has 160 valence electrons. The summed E-state index contributed by atoms with van der Waals surface area (Å²) in [4.78, 5) is 54.7. The van der Waals surface area contributed by atoms with Crippen molar-refractivity contribution in [3.05, 3.63) is 0 Å². The largest absolute Gasteiger partial charge is 0.481 e. The molecular weight excluding hydrogens is 386 g/mol. The maximum atomic E-state index is 11.2. The Bertz CT molecular complexity index is 525. The molecule has 3 unspecified atom stereocenters. The molecule has 0 aromatic heterocycles. The van der Waals surface area contributed by atoms with E-state index in [1.165, 1.54) is 11.8 Å². The van der Waals surface area contributed by atoms with E-state index in [-0.39, 0.29) is 45.9 Å². The zero-order valence-electron chi connectivity index (χ0n) is 15.1. The average molecular weight is 409 g/mol. The first kappa shape index (κ1) is 25.2. The maximum Gasteiger partial charge on any atom is 0.333 e. The Morgan fingerprint density at radius 1 is 0.964 bits per heavy atom. The highest BCUT2D eigenvalue weighted by atomic mass is 16.7. The molecule has 0 saturated carbocycles. The number of hydrogen-bond donors (Lipinski definition) is 3. The highest BCUT2D eigenvalue weighted by Gasteiger charge is 2.24. The first-order valence-electron chi connectivity index (χ1n) is 8.01. The Labute approximate surface area is 159 Å². The summed E-state index contributed by atoms with van der Waals surface area (Å²) >= 11 is 0. The molecule has 28 heavy (non-hydrogen) atoms. The lowest BCUT2D eigenvalue weighted by atomic mass is 10.2. The predicted molar refractivity (Wildman–Crippen MR) is 87.2 cm³/mol. The SMILES string of the molecule is CC(C(=O)O)N(CCOC(COC=O)OC=O)CCOC(CC(=O)O)C(=O)O. The van der Waals surface area contributed by atoms with Crippen LogP contribution < -0.4 is 0 Å². The molecule has 0 amide bonds. The van der Waals surface area contributed by atoms with Crippen molar-refractivity contribution >= 4 is 30.9 Å². The summed E-state index contributed by atoms with van der Waals surface area (Å²) in [6.07, 6.45) is -3.48. The third-order valence-electron chi connectivity index (χ3n) is 3.43. The number of nitrogens with zero attached hydrogens (tertiary/aromatic N) is 1. The van der Waals surface area contributed by atoms with E-state index in [1.54, 1.807) is 0 Å². The number of carbonyl (C=O) groups excluding carboxylic acids is 2. The van der Waals surface area contributed by atoms with Gasteiger partial charge >= 0.3 is 17.9 Å². The van der Waals surface area contributed by atoms with Crippen molar-refractivity contribution in [1.82, 2.24) is 4.90 Å². The molecule has 0 fully saturated rings. The molecule has 3 atom stereocenters. The molecule has 0 bridgehead atoms. The minimum absolute atomic E-state index is 0.0211. The second-order valence-corrected chi connectivity index (χ2v) is 5.31. The number of carbonyl (C=O) groups is 5. The molecule has 13 nitrogen and oxygen atoms in total. The minimum atomic E-state index is -1.57. The molecule has 0 aromatic rings. The van der Waals surface area contributed by atoms with E-state index in [0.29, 0.717) is 0 Å². The molecule has 0 spiro atoms. The molecule has 3 N–H and O–H groups in total. The van der Waals surface area contributed by atoms with E-state index in [9.17, 15) is 24.0 Å². The summed E-state index contributed by atoms with van der Waals surface area (Å²) < 4.78 is 19.1. The summed E-state index contributed by atoms with van der Waals surface area (Å²) in [5.74, 6) is -3.96. The van der Waals surface area contributed by atoms with Gasteiger partial charge in [0, 0.05) is 13.1 Å². The van der Waals surface area contributed by atoms with Crippen LogP contribution in [0, 0.1) is 0 Å². The second-order valence-electron chi connectivity index (χ2n) is 5.31. The summed E-state index contributed by atoms with van der Waals surface area (Å²) in [6.45, 7) is 0.881. The van der Waals surface area contributed by atoms with Crippen molar-refractivity contribution in [1.29, 1.82) is 0 Å². The van der Waals surface area contributed by atoms with Crippen molar-refractivity contribution in [2.45, 2.75) is 31.8 Å². The zero-order valence-corrected chi connectivity index (χ0v) is 15.1. The lowest BCUT2D eigenvalue weighted by Gasteiger charge is -2.27. The molecular formula is C15H23NO12. The molecule has 0 saturated heterocycles. The zero-order chi connectivity index (χ0) is 21.5. The Morgan fingerprint density at radius 2 is 1.57 bits per heavy atom. The topological polar surface area (TPSA) is 186 Å². The summed E-state index contributed by atoms with van der Waals surface area (Å²) in [6, 6.07) is -0.994. The molecule has 13 heteroatoms. The maximum absolute atomic E-state index is 11.2. The lowest BCUT2D eigenvalue weighted by Crippen LogP contribution is -2.44. The number of carboxylic acid groups (broad SMARTS) is 3. The molecule has 0 aliphatic rings. The number of aliphatic carboxylic acids is 3. The number of ether oxygens (including phenoxy) is 4. The van der Waals surface area contributed by atoms with Gasteiger partial charge in [0.25, 0.3) is 12.9 Å². The van der Waals surface area contributed by atoms with Crippen LogP contribution in [0.25, 0.3) is 0 Å². The number of hydrogen-bond acceptors (Lipinski definition) is 10. The van der Waals surface area contributed by atoms with Gasteiger partial charge in [0.1, 0.15) is 6.04 Å². The van der Waals surface area contributed by atoms with Gasteiger partial charge in [-0.15, -0.1) is 0 Å². The fourth-order valence-corrected chi connectivity index (χ4v) is 1.95. The lowest BCUT2D eigenvalue weighted by molar-refractivity contribution is -0.180. The van der Waals surface area contributed by atoms with Crippen molar-refractivity contribution in [2.24, 2.45) is 0 Å².